The highest BCUT2D eigenvalue weighted by atomic mass is 17.1. The number of ether oxygens (including phenoxy) is 3. The van der Waals surface area contributed by atoms with Crippen LogP contribution >= 0.6 is 0 Å². The van der Waals surface area contributed by atoms with E-state index < -0.39 is 11.9 Å². The summed E-state index contributed by atoms with van der Waals surface area (Å²) in [7, 11) is 1.42. The minimum Gasteiger partial charge on any atom is -0.493 e. The maximum Gasteiger partial charge on any atom is 0.330 e. The molecule has 0 aromatic heterocycles. The molecular formula is C16H22N2O8. The largest absolute Gasteiger partial charge is 0.493 e. The molecule has 0 amide bonds. The van der Waals surface area contributed by atoms with E-state index in [1.807, 2.05) is 0 Å². The molecule has 4 N–H and O–H groups in total. The monoisotopic (exact) mass is 370 g/mol. The lowest BCUT2D eigenvalue weighted by molar-refractivity contribution is -0.492. The van der Waals surface area contributed by atoms with E-state index in [2.05, 4.69) is 4.84 Å². The molecule has 10 nitrogen and oxygen atoms in total. The summed E-state index contributed by atoms with van der Waals surface area (Å²) in [5.74, 6) is -0.570. The number of nitrogens with zero attached hydrogens (tertiary/aromatic N) is 1. The third-order valence-electron chi connectivity index (χ3n) is 2.98. The Hall–Kier alpha value is -2.50. The van der Waals surface area contributed by atoms with Gasteiger partial charge in [-0.3, -0.25) is 20.0 Å². The van der Waals surface area contributed by atoms with Gasteiger partial charge in [-0.15, -0.1) is 0 Å². The van der Waals surface area contributed by atoms with E-state index in [0.29, 0.717) is 24.2 Å². The van der Waals surface area contributed by atoms with Gasteiger partial charge in [0.15, 0.2) is 11.5 Å². The van der Waals surface area contributed by atoms with Crippen molar-refractivity contribution in [2.75, 3.05) is 26.9 Å². The molecular weight excluding hydrogens is 348 g/mol. The van der Waals surface area contributed by atoms with E-state index >= 15 is 0 Å². The van der Waals surface area contributed by atoms with Crippen LogP contribution in [-0.2, 0) is 19.2 Å². The van der Waals surface area contributed by atoms with E-state index in [9.17, 15) is 9.59 Å². The molecule has 0 bridgehead atoms. The summed E-state index contributed by atoms with van der Waals surface area (Å²) in [4.78, 5) is 27.2. The van der Waals surface area contributed by atoms with E-state index in [1.165, 1.54) is 25.3 Å². The van der Waals surface area contributed by atoms with Crippen LogP contribution in [0.2, 0.25) is 0 Å². The molecule has 144 valence electrons. The van der Waals surface area contributed by atoms with Crippen LogP contribution in [0.1, 0.15) is 18.4 Å². The van der Waals surface area contributed by atoms with Crippen molar-refractivity contribution in [1.29, 1.82) is 0 Å². The first-order valence-corrected chi connectivity index (χ1v) is 7.70. The van der Waals surface area contributed by atoms with Crippen molar-refractivity contribution in [2.24, 2.45) is 5.73 Å². The summed E-state index contributed by atoms with van der Waals surface area (Å²) in [5, 5.41) is 16.3. The number of hydrogen-bond donors (Lipinski definition) is 3. The highest BCUT2D eigenvalue weighted by molar-refractivity contribution is 5.87. The lowest BCUT2D eigenvalue weighted by Gasteiger charge is -2.09. The fourth-order valence-corrected chi connectivity index (χ4v) is 1.77. The molecule has 0 heterocycles. The molecule has 0 saturated heterocycles. The molecule has 0 spiro atoms. The van der Waals surface area contributed by atoms with Crippen LogP contribution in [-0.4, -0.2) is 54.6 Å². The number of unbranched alkanes of at least 4 members (excludes halogenated alkanes) is 1. The van der Waals surface area contributed by atoms with Crippen LogP contribution in [0, 0.1) is 0 Å². The highest BCUT2D eigenvalue weighted by Crippen LogP contribution is 2.28. The Morgan fingerprint density at radius 1 is 1.19 bits per heavy atom. The second-order valence-corrected chi connectivity index (χ2v) is 4.88. The lowest BCUT2D eigenvalue weighted by atomic mass is 10.2. The van der Waals surface area contributed by atoms with Crippen molar-refractivity contribution in [2.45, 2.75) is 12.8 Å². The van der Waals surface area contributed by atoms with E-state index in [4.69, 9.17) is 30.4 Å². The van der Waals surface area contributed by atoms with Gasteiger partial charge < -0.3 is 19.9 Å². The number of carbonyl (C=O) groups excluding carboxylic acids is 2. The van der Waals surface area contributed by atoms with Crippen molar-refractivity contribution in [3.63, 3.8) is 0 Å². The van der Waals surface area contributed by atoms with Crippen LogP contribution in [0.25, 0.3) is 6.08 Å². The second kappa shape index (κ2) is 12.0. The van der Waals surface area contributed by atoms with Gasteiger partial charge >= 0.3 is 11.9 Å². The number of benzene rings is 1. The molecule has 0 aliphatic carbocycles. The summed E-state index contributed by atoms with van der Waals surface area (Å²) >= 11 is 0. The average Bonchev–Trinajstić information content (AvgIpc) is 2.63. The zero-order valence-corrected chi connectivity index (χ0v) is 14.3. The molecule has 0 unspecified atom stereocenters. The van der Waals surface area contributed by atoms with E-state index in [0.717, 1.165) is 0 Å². The van der Waals surface area contributed by atoms with Crippen LogP contribution in [0.5, 0.6) is 11.5 Å². The number of esters is 2. The molecule has 10 heteroatoms. The quantitative estimate of drug-likeness (QED) is 0.169. The van der Waals surface area contributed by atoms with Gasteiger partial charge in [0.1, 0.15) is 0 Å². The first kappa shape index (κ1) is 21.5. The maximum atomic E-state index is 11.6. The van der Waals surface area contributed by atoms with Gasteiger partial charge in [-0.25, -0.2) is 4.79 Å². The molecule has 0 radical (unpaired) electrons. The smallest absolute Gasteiger partial charge is 0.330 e. The normalized spacial score (nSPS) is 11.0. The number of nitrogens with two attached hydrogens (primary N) is 1. The van der Waals surface area contributed by atoms with Crippen LogP contribution in [0.4, 0.5) is 0 Å². The summed E-state index contributed by atoms with van der Waals surface area (Å²) < 4.78 is 15.1. The molecule has 0 aliphatic heterocycles. The Kier molecular flexibility index (Phi) is 9.90. The third-order valence-corrected chi connectivity index (χ3v) is 2.98. The minimum atomic E-state index is -0.591. The molecule has 0 saturated carbocycles. The Bertz CT molecular complexity index is 618. The molecule has 1 aromatic rings. The minimum absolute atomic E-state index is 0.0846. The summed E-state index contributed by atoms with van der Waals surface area (Å²) in [6, 6.07) is 4.76. The zero-order valence-electron chi connectivity index (χ0n) is 14.3. The SMILES string of the molecule is COc1cc(/C=C/C(=O)OCCCCON(O)O)ccc1OC(=O)CN. The topological polar surface area (TPSA) is 141 Å². The van der Waals surface area contributed by atoms with Crippen LogP contribution < -0.4 is 15.2 Å². The van der Waals surface area contributed by atoms with Crippen LogP contribution in [0.3, 0.4) is 0 Å². The fraction of sp³-hybridized carbons (Fsp3) is 0.375. The van der Waals surface area contributed by atoms with Gasteiger partial charge in [0.25, 0.3) is 0 Å². The van der Waals surface area contributed by atoms with Crippen molar-refractivity contribution in [1.82, 2.24) is 5.39 Å². The molecule has 1 rings (SSSR count). The number of hydrogen-bond acceptors (Lipinski definition) is 10. The summed E-state index contributed by atoms with van der Waals surface area (Å²) in [5.41, 5.74) is 5.84. The van der Waals surface area contributed by atoms with Gasteiger partial charge in [0, 0.05) is 6.08 Å². The standard InChI is InChI=1S/C16H22N2O8/c1-23-14-10-12(4-6-13(14)26-16(20)11-17)5-7-15(19)24-8-2-3-9-25-18(21)22/h4-7,10,21-22H,2-3,8-9,11,17H2,1H3/b7-5+. The Labute approximate surface area is 150 Å². The van der Waals surface area contributed by atoms with E-state index in [1.54, 1.807) is 12.1 Å². The van der Waals surface area contributed by atoms with E-state index in [-0.39, 0.29) is 30.9 Å². The zero-order chi connectivity index (χ0) is 19.4. The number of methoxy groups -OCH3 is 1. The Morgan fingerprint density at radius 3 is 2.58 bits per heavy atom. The molecule has 0 fully saturated rings. The molecule has 1 aromatic carbocycles. The van der Waals surface area contributed by atoms with Gasteiger partial charge in [-0.2, -0.15) is 0 Å². The predicted octanol–water partition coefficient (Wildman–Crippen LogP) is 0.908. The molecule has 26 heavy (non-hydrogen) atoms. The Balaban J connectivity index is 2.46. The second-order valence-electron chi connectivity index (χ2n) is 4.88. The van der Waals surface area contributed by atoms with Crippen molar-refractivity contribution < 1.29 is 39.1 Å². The summed E-state index contributed by atoms with van der Waals surface area (Å²) in [6.45, 7) is 0.00296. The first-order valence-electron chi connectivity index (χ1n) is 7.70. The van der Waals surface area contributed by atoms with Crippen molar-refractivity contribution in [3.8, 4) is 11.5 Å². The van der Waals surface area contributed by atoms with Gasteiger partial charge in [0.2, 0.25) is 0 Å². The van der Waals surface area contributed by atoms with Crippen LogP contribution in [0.15, 0.2) is 24.3 Å². The van der Waals surface area contributed by atoms with Crippen molar-refractivity contribution >= 4 is 18.0 Å². The molecule has 0 atom stereocenters. The highest BCUT2D eigenvalue weighted by Gasteiger charge is 2.09. The lowest BCUT2D eigenvalue weighted by Crippen LogP contribution is -2.19. The molecule has 0 aliphatic rings. The number of rotatable bonds is 11. The third kappa shape index (κ3) is 8.55. The van der Waals surface area contributed by atoms with Gasteiger partial charge in [-0.05, 0) is 36.6 Å². The van der Waals surface area contributed by atoms with Gasteiger partial charge in [0.05, 0.1) is 32.3 Å². The predicted molar refractivity (Wildman–Crippen MR) is 88.3 cm³/mol. The van der Waals surface area contributed by atoms with Gasteiger partial charge in [-0.1, -0.05) is 6.07 Å². The number of carbonyl (C=O) groups is 2. The fourth-order valence-electron chi connectivity index (χ4n) is 1.77. The summed E-state index contributed by atoms with van der Waals surface area (Å²) in [6.07, 6.45) is 3.76. The average molecular weight is 370 g/mol. The maximum absolute atomic E-state index is 11.6. The van der Waals surface area contributed by atoms with Crippen molar-refractivity contribution in [3.05, 3.63) is 29.8 Å². The Morgan fingerprint density at radius 2 is 1.92 bits per heavy atom. The first-order chi connectivity index (χ1) is 12.5.